The number of hydrogen-bond acceptors (Lipinski definition) is 4. The van der Waals surface area contributed by atoms with Crippen molar-refractivity contribution in [2.45, 2.75) is 0 Å². The Morgan fingerprint density at radius 3 is 2.86 bits per heavy atom. The molecule has 0 aromatic carbocycles. The van der Waals surface area contributed by atoms with E-state index < -0.39 is 0 Å². The molecule has 0 aliphatic heterocycles. The Bertz CT molecular complexity index is 172. The summed E-state index contributed by atoms with van der Waals surface area (Å²) in [5.41, 5.74) is 0.162. The number of aromatic nitrogens is 4. The topological polar surface area (TPSA) is 78.3 Å². The molecule has 0 unspecified atom stereocenters. The van der Waals surface area contributed by atoms with Crippen molar-refractivity contribution in [1.29, 1.82) is 5.41 Å². The van der Waals surface area contributed by atoms with Gasteiger partial charge < -0.3 is 0 Å². The van der Waals surface area contributed by atoms with Crippen LogP contribution < -0.4 is 5.49 Å². The van der Waals surface area contributed by atoms with E-state index in [1.54, 1.807) is 0 Å². The average molecular weight is 97.1 g/mol. The Labute approximate surface area is 38.9 Å². The lowest BCUT2D eigenvalue weighted by molar-refractivity contribution is 0.724. The van der Waals surface area contributed by atoms with Gasteiger partial charge in [0.1, 0.15) is 0 Å². The maximum atomic E-state index is 6.77. The highest BCUT2D eigenvalue weighted by Gasteiger charge is 1.68. The van der Waals surface area contributed by atoms with Gasteiger partial charge in [-0.25, -0.2) is 5.10 Å². The first kappa shape index (κ1) is 3.91. The maximum absolute atomic E-state index is 6.77. The monoisotopic (exact) mass is 97.0 g/mol. The second-order valence-corrected chi connectivity index (χ2v) is 0.959. The second-order valence-electron chi connectivity index (χ2n) is 0.959. The van der Waals surface area contributed by atoms with Gasteiger partial charge in [0.15, 0.2) is 5.49 Å². The summed E-state index contributed by atoms with van der Waals surface area (Å²) in [6.45, 7) is 0. The maximum Gasteiger partial charge on any atom is 0.160 e. The van der Waals surface area contributed by atoms with Crippen LogP contribution in [0.2, 0.25) is 0 Å². The van der Waals surface area contributed by atoms with Crippen LogP contribution in [-0.4, -0.2) is 20.6 Å². The first-order chi connectivity index (χ1) is 3.39. The molecule has 0 bridgehead atoms. The lowest BCUT2D eigenvalue weighted by Crippen LogP contribution is -2.08. The summed E-state index contributed by atoms with van der Waals surface area (Å²) in [5, 5.41) is 18.7. The quantitative estimate of drug-likeness (QED) is 0.421. The van der Waals surface area contributed by atoms with Gasteiger partial charge in [0, 0.05) is 0 Å². The van der Waals surface area contributed by atoms with Crippen LogP contribution >= 0.6 is 0 Å². The molecular weight excluding hydrogens is 94.1 g/mol. The smallest absolute Gasteiger partial charge is 0.160 e. The molecule has 1 aromatic heterocycles. The summed E-state index contributed by atoms with van der Waals surface area (Å²) < 4.78 is 0. The van der Waals surface area contributed by atoms with Crippen LogP contribution in [0.3, 0.4) is 0 Å². The molecule has 5 nitrogen and oxygen atoms in total. The van der Waals surface area contributed by atoms with Crippen molar-refractivity contribution < 1.29 is 0 Å². The summed E-state index contributed by atoms with van der Waals surface area (Å²) >= 11 is 0. The number of H-pyrrole nitrogens is 1. The molecule has 0 radical (unpaired) electrons. The number of aromatic amines is 1. The first-order valence-corrected chi connectivity index (χ1v) is 1.67. The van der Waals surface area contributed by atoms with E-state index in [-0.39, 0.29) is 5.49 Å². The highest BCUT2D eigenvalue weighted by molar-refractivity contribution is 4.51. The summed E-state index contributed by atoms with van der Waals surface area (Å²) in [6.07, 6.45) is 1.27. The normalized spacial score (nSPS) is 8.57. The Kier molecular flexibility index (Phi) is 0.816. The fraction of sp³-hybridized carbons (Fsp3) is 0. The molecule has 0 saturated carbocycles. The van der Waals surface area contributed by atoms with Crippen LogP contribution in [0.15, 0.2) is 6.20 Å². The lowest BCUT2D eigenvalue weighted by atomic mass is 10.9. The molecule has 36 valence electrons. The van der Waals surface area contributed by atoms with E-state index in [0.717, 1.165) is 0 Å². The summed E-state index contributed by atoms with van der Waals surface area (Å²) in [6, 6.07) is 0. The van der Waals surface area contributed by atoms with Crippen LogP contribution in [-0.2, 0) is 0 Å². The summed E-state index contributed by atoms with van der Waals surface area (Å²) in [4.78, 5) is 0. The van der Waals surface area contributed by atoms with E-state index in [2.05, 4.69) is 20.6 Å². The molecule has 2 N–H and O–H groups in total. The molecule has 0 spiro atoms. The SMILES string of the molecule is N=c1cnnn[nH]1. The fourth-order valence-electron chi connectivity index (χ4n) is 0.214. The second kappa shape index (κ2) is 1.46. The molecule has 0 aliphatic rings. The molecule has 7 heavy (non-hydrogen) atoms. The number of nitrogens with one attached hydrogen (secondary N) is 2. The third-order valence-electron chi connectivity index (χ3n) is 0.454. The lowest BCUT2D eigenvalue weighted by Gasteiger charge is -1.73. The van der Waals surface area contributed by atoms with Crippen molar-refractivity contribution in [3.8, 4) is 0 Å². The predicted molar refractivity (Wildman–Crippen MR) is 20.0 cm³/mol. The van der Waals surface area contributed by atoms with Gasteiger partial charge in [-0.1, -0.05) is 0 Å². The van der Waals surface area contributed by atoms with Crippen molar-refractivity contribution in [3.05, 3.63) is 11.7 Å². The minimum Gasteiger partial charge on any atom is -0.282 e. The van der Waals surface area contributed by atoms with Gasteiger partial charge in [-0.15, -0.1) is 5.10 Å². The van der Waals surface area contributed by atoms with Gasteiger partial charge in [0.25, 0.3) is 0 Å². The van der Waals surface area contributed by atoms with E-state index in [4.69, 9.17) is 5.41 Å². The Morgan fingerprint density at radius 1 is 1.71 bits per heavy atom. The molecule has 0 fully saturated rings. The van der Waals surface area contributed by atoms with E-state index in [1.165, 1.54) is 6.20 Å². The van der Waals surface area contributed by atoms with Crippen LogP contribution in [0.25, 0.3) is 0 Å². The molecule has 0 amide bonds. The van der Waals surface area contributed by atoms with Crippen molar-refractivity contribution in [2.24, 2.45) is 0 Å². The molecule has 1 heterocycles. The van der Waals surface area contributed by atoms with E-state index >= 15 is 0 Å². The Balaban J connectivity index is 3.28. The molecule has 1 aromatic rings. The van der Waals surface area contributed by atoms with Crippen molar-refractivity contribution >= 4 is 0 Å². The zero-order valence-corrected chi connectivity index (χ0v) is 3.42. The summed E-state index contributed by atoms with van der Waals surface area (Å²) in [5.74, 6) is 0. The van der Waals surface area contributed by atoms with Crippen LogP contribution in [0.5, 0.6) is 0 Å². The van der Waals surface area contributed by atoms with Crippen molar-refractivity contribution in [3.63, 3.8) is 0 Å². The first-order valence-electron chi connectivity index (χ1n) is 1.67. The standard InChI is InChI=1S/C2H3N5/c3-2-1-4-6-7-5-2/h1H,(H2,3,5,6). The minimum atomic E-state index is 0.162. The molecular formula is C2H3N5. The Morgan fingerprint density at radius 2 is 2.57 bits per heavy atom. The van der Waals surface area contributed by atoms with Crippen molar-refractivity contribution in [2.75, 3.05) is 0 Å². The molecule has 0 aliphatic carbocycles. The predicted octanol–water partition coefficient (Wildman–Crippen LogP) is -1.32. The Hall–Kier alpha value is -1.26. The van der Waals surface area contributed by atoms with Gasteiger partial charge in [-0.3, -0.25) is 5.41 Å². The average Bonchev–Trinajstić information content (AvgIpc) is 1.69. The van der Waals surface area contributed by atoms with Gasteiger partial charge in [-0.2, -0.15) is 0 Å². The van der Waals surface area contributed by atoms with Crippen LogP contribution in [0.1, 0.15) is 0 Å². The third-order valence-corrected chi connectivity index (χ3v) is 0.454. The third kappa shape index (κ3) is 0.783. The van der Waals surface area contributed by atoms with Gasteiger partial charge in [0.05, 0.1) is 6.20 Å². The minimum absolute atomic E-state index is 0.162. The van der Waals surface area contributed by atoms with Crippen LogP contribution in [0.4, 0.5) is 0 Å². The van der Waals surface area contributed by atoms with E-state index in [0.29, 0.717) is 0 Å². The molecule has 0 atom stereocenters. The zero-order valence-electron chi connectivity index (χ0n) is 3.42. The number of rotatable bonds is 0. The van der Waals surface area contributed by atoms with E-state index in [1.807, 2.05) is 0 Å². The van der Waals surface area contributed by atoms with Gasteiger partial charge in [-0.05, 0) is 10.4 Å². The van der Waals surface area contributed by atoms with E-state index in [9.17, 15) is 0 Å². The van der Waals surface area contributed by atoms with Crippen molar-refractivity contribution in [1.82, 2.24) is 20.6 Å². The molecule has 0 saturated heterocycles. The largest absolute Gasteiger partial charge is 0.282 e. The number of hydrogen-bond donors (Lipinski definition) is 2. The molecule has 1 rings (SSSR count). The zero-order chi connectivity index (χ0) is 5.11. The van der Waals surface area contributed by atoms with Crippen LogP contribution in [0, 0.1) is 5.41 Å². The highest BCUT2D eigenvalue weighted by Crippen LogP contribution is 1.40. The molecule has 5 heteroatoms. The van der Waals surface area contributed by atoms with Gasteiger partial charge >= 0.3 is 0 Å². The summed E-state index contributed by atoms with van der Waals surface area (Å²) in [7, 11) is 0. The van der Waals surface area contributed by atoms with Gasteiger partial charge in [0.2, 0.25) is 0 Å². The number of nitrogens with zero attached hydrogens (tertiary/aromatic N) is 3. The fourth-order valence-corrected chi connectivity index (χ4v) is 0.214. The highest BCUT2D eigenvalue weighted by atomic mass is 15.4.